The summed E-state index contributed by atoms with van der Waals surface area (Å²) in [6, 6.07) is 7.97. The van der Waals surface area contributed by atoms with Crippen LogP contribution in [0.25, 0.3) is 0 Å². The number of ether oxygens (including phenoxy) is 2. The highest BCUT2D eigenvalue weighted by atomic mass is 35.5. The van der Waals surface area contributed by atoms with Crippen LogP contribution in [-0.4, -0.2) is 23.7 Å². The molecule has 0 fully saturated rings. The Bertz CT molecular complexity index is 814. The first kappa shape index (κ1) is 21.6. The topological polar surface area (TPSA) is 67.8 Å². The van der Waals surface area contributed by atoms with Crippen molar-refractivity contribution >= 4 is 40.8 Å². The van der Waals surface area contributed by atoms with Gasteiger partial charge in [0.15, 0.2) is 11.5 Å². The fourth-order valence-corrected chi connectivity index (χ4v) is 3.02. The van der Waals surface area contributed by atoms with Crippen molar-refractivity contribution in [3.8, 4) is 11.5 Å². The Balaban J connectivity index is 2.18. The number of rotatable bonds is 9. The number of hydrogen-bond acceptors (Lipinski definition) is 4. The number of hydrogen-bond donors (Lipinski definition) is 2. The fraction of sp³-hybridized carbons (Fsp3) is 0.316. The number of halogens is 3. The first-order chi connectivity index (χ1) is 12.8. The summed E-state index contributed by atoms with van der Waals surface area (Å²) in [6.07, 6.45) is 0. The molecule has 1 atom stereocenters. The molecule has 0 radical (unpaired) electrons. The Morgan fingerprint density at radius 2 is 1.89 bits per heavy atom. The van der Waals surface area contributed by atoms with Crippen LogP contribution in [0.15, 0.2) is 30.3 Å². The maximum absolute atomic E-state index is 10.9. The Morgan fingerprint density at radius 3 is 2.52 bits per heavy atom. The molecule has 0 saturated carbocycles. The quantitative estimate of drug-likeness (QED) is 0.571. The van der Waals surface area contributed by atoms with Crippen LogP contribution in [0.5, 0.6) is 11.5 Å². The average Bonchev–Trinajstić information content (AvgIpc) is 2.60. The molecule has 5 nitrogen and oxygen atoms in total. The second kappa shape index (κ2) is 10.0. The molecule has 2 aromatic rings. The number of carboxylic acids is 1. The summed E-state index contributed by atoms with van der Waals surface area (Å²) >= 11 is 18.5. The van der Waals surface area contributed by atoms with E-state index in [-0.39, 0.29) is 6.61 Å². The van der Waals surface area contributed by atoms with Crippen molar-refractivity contribution < 1.29 is 19.4 Å². The van der Waals surface area contributed by atoms with Gasteiger partial charge in [-0.05, 0) is 43.7 Å². The van der Waals surface area contributed by atoms with E-state index in [0.717, 1.165) is 11.1 Å². The molecule has 146 valence electrons. The van der Waals surface area contributed by atoms with Crippen molar-refractivity contribution in [1.29, 1.82) is 0 Å². The summed E-state index contributed by atoms with van der Waals surface area (Å²) in [6.45, 7) is 4.38. The van der Waals surface area contributed by atoms with Gasteiger partial charge in [-0.1, -0.05) is 40.9 Å². The summed E-state index contributed by atoms with van der Waals surface area (Å²) in [5, 5.41) is 13.3. The van der Waals surface area contributed by atoms with Gasteiger partial charge < -0.3 is 19.9 Å². The highest BCUT2D eigenvalue weighted by molar-refractivity contribution is 6.35. The Morgan fingerprint density at radius 1 is 1.15 bits per heavy atom. The molecule has 0 heterocycles. The van der Waals surface area contributed by atoms with E-state index in [9.17, 15) is 4.79 Å². The molecule has 0 bridgehead atoms. The number of nitrogens with one attached hydrogen (secondary N) is 1. The maximum Gasteiger partial charge on any atom is 0.320 e. The van der Waals surface area contributed by atoms with Gasteiger partial charge in [0.05, 0.1) is 11.6 Å². The third-order valence-corrected chi connectivity index (χ3v) is 4.61. The second-order valence-electron chi connectivity index (χ2n) is 5.80. The van der Waals surface area contributed by atoms with Gasteiger partial charge in [-0.2, -0.15) is 0 Å². The van der Waals surface area contributed by atoms with Gasteiger partial charge in [-0.15, -0.1) is 0 Å². The normalized spacial score (nSPS) is 11.9. The molecule has 8 heteroatoms. The lowest BCUT2D eigenvalue weighted by Gasteiger charge is -2.16. The van der Waals surface area contributed by atoms with Crippen LogP contribution in [0, 0.1) is 0 Å². The zero-order chi connectivity index (χ0) is 20.0. The lowest BCUT2D eigenvalue weighted by molar-refractivity contribution is -0.139. The van der Waals surface area contributed by atoms with E-state index < -0.39 is 12.0 Å². The highest BCUT2D eigenvalue weighted by Crippen LogP contribution is 2.37. The average molecular weight is 433 g/mol. The van der Waals surface area contributed by atoms with Crippen molar-refractivity contribution in [3.63, 3.8) is 0 Å². The van der Waals surface area contributed by atoms with Crippen LogP contribution in [0.4, 0.5) is 0 Å². The summed E-state index contributed by atoms with van der Waals surface area (Å²) in [4.78, 5) is 10.9. The van der Waals surface area contributed by atoms with Gasteiger partial charge >= 0.3 is 5.97 Å². The maximum atomic E-state index is 10.9. The predicted molar refractivity (Wildman–Crippen MR) is 107 cm³/mol. The van der Waals surface area contributed by atoms with Crippen molar-refractivity contribution in [2.75, 3.05) is 6.61 Å². The second-order valence-corrected chi connectivity index (χ2v) is 7.05. The fourth-order valence-electron chi connectivity index (χ4n) is 2.27. The van der Waals surface area contributed by atoms with Crippen molar-refractivity contribution in [3.05, 3.63) is 56.5 Å². The first-order valence-electron chi connectivity index (χ1n) is 8.30. The number of aliphatic carboxylic acids is 1. The Kier molecular flexibility index (Phi) is 8.05. The van der Waals surface area contributed by atoms with Gasteiger partial charge in [-0.3, -0.25) is 4.79 Å². The molecule has 2 rings (SSSR count). The number of benzene rings is 2. The standard InChI is InChI=1S/C19H20Cl3NO4/c1-3-26-17-7-12(9-23-11(2)19(24)25)6-16(22)18(17)27-10-13-4-5-14(20)8-15(13)21/h4-8,11,23H,3,9-10H2,1-2H3,(H,24,25). The van der Waals surface area contributed by atoms with Crippen LogP contribution in [0.1, 0.15) is 25.0 Å². The van der Waals surface area contributed by atoms with E-state index >= 15 is 0 Å². The molecule has 0 aliphatic rings. The Labute approximate surface area is 173 Å². The van der Waals surface area contributed by atoms with Crippen molar-refractivity contribution in [1.82, 2.24) is 5.32 Å². The van der Waals surface area contributed by atoms with Gasteiger partial charge in [0, 0.05) is 22.2 Å². The van der Waals surface area contributed by atoms with Crippen molar-refractivity contribution in [2.45, 2.75) is 33.0 Å². The third-order valence-electron chi connectivity index (χ3n) is 3.74. The van der Waals surface area contributed by atoms with E-state index in [4.69, 9.17) is 49.4 Å². The van der Waals surface area contributed by atoms with Crippen LogP contribution in [0.2, 0.25) is 15.1 Å². The van der Waals surface area contributed by atoms with E-state index in [2.05, 4.69) is 5.32 Å². The monoisotopic (exact) mass is 431 g/mol. The minimum absolute atomic E-state index is 0.198. The largest absolute Gasteiger partial charge is 0.490 e. The SMILES string of the molecule is CCOc1cc(CNC(C)C(=O)O)cc(Cl)c1OCc1ccc(Cl)cc1Cl. The molecule has 0 aliphatic heterocycles. The molecule has 2 N–H and O–H groups in total. The Hall–Kier alpha value is -1.66. The molecular formula is C19H20Cl3NO4. The van der Waals surface area contributed by atoms with Crippen LogP contribution in [0.3, 0.4) is 0 Å². The van der Waals surface area contributed by atoms with Crippen LogP contribution >= 0.6 is 34.8 Å². The van der Waals surface area contributed by atoms with E-state index in [1.54, 1.807) is 37.3 Å². The predicted octanol–water partition coefficient (Wildman–Crippen LogP) is 5.19. The van der Waals surface area contributed by atoms with Gasteiger partial charge in [0.2, 0.25) is 0 Å². The van der Waals surface area contributed by atoms with Crippen LogP contribution < -0.4 is 14.8 Å². The molecule has 2 aromatic carbocycles. The lowest BCUT2D eigenvalue weighted by Crippen LogP contribution is -2.33. The lowest BCUT2D eigenvalue weighted by atomic mass is 10.2. The smallest absolute Gasteiger partial charge is 0.320 e. The molecule has 0 aliphatic carbocycles. The van der Waals surface area contributed by atoms with Gasteiger partial charge in [0.1, 0.15) is 12.6 Å². The number of carbonyl (C=O) groups is 1. The summed E-state index contributed by atoms with van der Waals surface area (Å²) in [7, 11) is 0. The zero-order valence-corrected chi connectivity index (χ0v) is 17.2. The minimum atomic E-state index is -0.925. The van der Waals surface area contributed by atoms with E-state index in [1.165, 1.54) is 0 Å². The van der Waals surface area contributed by atoms with Gasteiger partial charge in [-0.25, -0.2) is 0 Å². The van der Waals surface area contributed by atoms with E-state index in [1.807, 2.05) is 6.92 Å². The van der Waals surface area contributed by atoms with E-state index in [0.29, 0.717) is 39.7 Å². The zero-order valence-electron chi connectivity index (χ0n) is 14.9. The minimum Gasteiger partial charge on any atom is -0.490 e. The highest BCUT2D eigenvalue weighted by Gasteiger charge is 2.15. The molecule has 0 spiro atoms. The summed E-state index contributed by atoms with van der Waals surface area (Å²) in [5.74, 6) is -0.0413. The van der Waals surface area contributed by atoms with Crippen molar-refractivity contribution in [2.24, 2.45) is 0 Å². The molecule has 0 amide bonds. The van der Waals surface area contributed by atoms with Crippen LogP contribution in [-0.2, 0) is 17.9 Å². The summed E-state index contributed by atoms with van der Waals surface area (Å²) in [5.41, 5.74) is 1.55. The first-order valence-corrected chi connectivity index (χ1v) is 9.43. The molecular weight excluding hydrogens is 413 g/mol. The molecule has 1 unspecified atom stereocenters. The number of carboxylic acid groups (broad SMARTS) is 1. The van der Waals surface area contributed by atoms with Gasteiger partial charge in [0.25, 0.3) is 0 Å². The third kappa shape index (κ3) is 6.18. The molecule has 27 heavy (non-hydrogen) atoms. The molecule has 0 aromatic heterocycles. The summed E-state index contributed by atoms with van der Waals surface area (Å²) < 4.78 is 11.5. The molecule has 0 saturated heterocycles.